The Morgan fingerprint density at radius 2 is 1.59 bits per heavy atom. The van der Waals surface area contributed by atoms with Crippen LogP contribution in [0.1, 0.15) is 71.6 Å². The van der Waals surface area contributed by atoms with Crippen LogP contribution in [0.15, 0.2) is 73.1 Å². The topological polar surface area (TPSA) is 137 Å². The minimum atomic E-state index is -1.37. The number of aromatic nitrogens is 1. The van der Waals surface area contributed by atoms with Crippen molar-refractivity contribution in [3.8, 4) is 5.75 Å². The van der Waals surface area contributed by atoms with Crippen LogP contribution < -0.4 is 20.7 Å². The van der Waals surface area contributed by atoms with E-state index in [0.29, 0.717) is 36.3 Å². The lowest BCUT2D eigenvalue weighted by atomic mass is 10.0. The molecule has 248 valence electrons. The number of hydrogen-bond donors (Lipinski definition) is 3. The summed E-state index contributed by atoms with van der Waals surface area (Å²) in [6, 6.07) is 16.9. The van der Waals surface area contributed by atoms with Gasteiger partial charge in [-0.25, -0.2) is 9.59 Å². The summed E-state index contributed by atoms with van der Waals surface area (Å²) < 4.78 is 17.6. The fourth-order valence-electron chi connectivity index (χ4n) is 4.69. The Balaban J connectivity index is 1.79. The molecule has 0 radical (unpaired) electrons. The zero-order valence-corrected chi connectivity index (χ0v) is 27.7. The van der Waals surface area contributed by atoms with E-state index < -0.39 is 47.1 Å². The third kappa shape index (κ3) is 10.7. The second-order valence-electron chi connectivity index (χ2n) is 12.4. The molecule has 0 saturated heterocycles. The van der Waals surface area contributed by atoms with Gasteiger partial charge in [-0.05, 0) is 90.1 Å². The molecule has 2 atom stereocenters. The summed E-state index contributed by atoms with van der Waals surface area (Å²) in [7, 11) is 1.56. The van der Waals surface area contributed by atoms with Crippen molar-refractivity contribution in [1.29, 1.82) is 0 Å². The number of rotatable bonds is 14. The highest BCUT2D eigenvalue weighted by molar-refractivity contribution is 5.99. The van der Waals surface area contributed by atoms with E-state index in [0.717, 1.165) is 5.56 Å². The highest BCUT2D eigenvalue weighted by Crippen LogP contribution is 2.25. The van der Waals surface area contributed by atoms with Crippen molar-refractivity contribution in [1.82, 2.24) is 15.2 Å². The largest absolute Gasteiger partial charge is 0.497 e. The minimum absolute atomic E-state index is 0.208. The van der Waals surface area contributed by atoms with E-state index in [-0.39, 0.29) is 6.61 Å². The minimum Gasteiger partial charge on any atom is -0.497 e. The molecule has 3 aromatic rings. The maximum absolute atomic E-state index is 13.6. The van der Waals surface area contributed by atoms with Gasteiger partial charge in [0.2, 0.25) is 11.8 Å². The number of benzene rings is 2. The van der Waals surface area contributed by atoms with Crippen LogP contribution in [0.3, 0.4) is 0 Å². The number of nitrogens with zero attached hydrogens (tertiary/aromatic N) is 1. The van der Waals surface area contributed by atoms with E-state index in [1.54, 1.807) is 95.9 Å². The van der Waals surface area contributed by atoms with Crippen LogP contribution in [-0.4, -0.2) is 59.3 Å². The fourth-order valence-corrected chi connectivity index (χ4v) is 4.69. The summed E-state index contributed by atoms with van der Waals surface area (Å²) >= 11 is 0. The second kappa shape index (κ2) is 16.0. The van der Waals surface area contributed by atoms with Crippen molar-refractivity contribution < 1.29 is 33.4 Å². The van der Waals surface area contributed by atoms with Gasteiger partial charge >= 0.3 is 12.1 Å². The number of aryl methyl sites for hydroxylation is 1. The molecule has 11 nitrogen and oxygen atoms in total. The van der Waals surface area contributed by atoms with Gasteiger partial charge in [0.25, 0.3) is 0 Å². The Labute approximate surface area is 271 Å². The molecule has 0 aliphatic rings. The van der Waals surface area contributed by atoms with Gasteiger partial charge in [-0.15, -0.1) is 0 Å². The third-order valence-electron chi connectivity index (χ3n) is 7.03. The molecule has 3 amide bonds. The normalized spacial score (nSPS) is 12.8. The number of methoxy groups -OCH3 is 1. The predicted octanol–water partition coefficient (Wildman–Crippen LogP) is 5.40. The Bertz CT molecular complexity index is 1460. The lowest BCUT2D eigenvalue weighted by molar-refractivity contribution is -0.145. The maximum Gasteiger partial charge on any atom is 0.408 e. The summed E-state index contributed by atoms with van der Waals surface area (Å²) in [5.74, 6) is -0.786. The van der Waals surface area contributed by atoms with Crippen LogP contribution in [-0.2, 0) is 30.3 Å². The zero-order valence-electron chi connectivity index (χ0n) is 27.7. The van der Waals surface area contributed by atoms with Crippen molar-refractivity contribution >= 4 is 29.6 Å². The second-order valence-corrected chi connectivity index (χ2v) is 12.4. The van der Waals surface area contributed by atoms with Gasteiger partial charge in [0.1, 0.15) is 22.9 Å². The van der Waals surface area contributed by atoms with Gasteiger partial charge in [-0.3, -0.25) is 9.59 Å². The molecule has 0 aliphatic heterocycles. The molecule has 1 heterocycles. The van der Waals surface area contributed by atoms with Crippen LogP contribution in [0.4, 0.5) is 10.5 Å². The van der Waals surface area contributed by atoms with Crippen molar-refractivity contribution in [2.75, 3.05) is 19.0 Å². The molecular weight excluding hydrogens is 588 g/mol. The number of ether oxygens (including phenoxy) is 3. The number of anilines is 1. The molecule has 0 aliphatic carbocycles. The number of amides is 3. The first-order valence-corrected chi connectivity index (χ1v) is 15.4. The van der Waals surface area contributed by atoms with Crippen molar-refractivity contribution in [2.45, 2.75) is 84.0 Å². The van der Waals surface area contributed by atoms with Gasteiger partial charge in [-0.1, -0.05) is 42.5 Å². The van der Waals surface area contributed by atoms with Gasteiger partial charge < -0.3 is 34.7 Å². The van der Waals surface area contributed by atoms with E-state index in [4.69, 9.17) is 14.2 Å². The van der Waals surface area contributed by atoms with Crippen LogP contribution in [0.5, 0.6) is 5.75 Å². The Hall–Kier alpha value is -4.80. The first kappa shape index (κ1) is 35.7. The molecule has 2 unspecified atom stereocenters. The molecule has 0 spiro atoms. The van der Waals surface area contributed by atoms with Crippen molar-refractivity contribution in [3.05, 3.63) is 84.2 Å². The molecule has 0 saturated carbocycles. The van der Waals surface area contributed by atoms with E-state index >= 15 is 0 Å². The molecule has 1 aromatic heterocycles. The first-order valence-electron chi connectivity index (χ1n) is 15.4. The Kier molecular flexibility index (Phi) is 12.4. The summed E-state index contributed by atoms with van der Waals surface area (Å²) in [5, 5.41) is 8.28. The van der Waals surface area contributed by atoms with Crippen LogP contribution in [0.25, 0.3) is 0 Å². The Morgan fingerprint density at radius 1 is 0.913 bits per heavy atom. The molecule has 3 rings (SSSR count). The lowest BCUT2D eigenvalue weighted by Crippen LogP contribution is -2.58. The molecular formula is C35H46N4O7. The fraction of sp³-hybridized carbons (Fsp3) is 0.429. The van der Waals surface area contributed by atoms with Gasteiger partial charge in [-0.2, -0.15) is 0 Å². The van der Waals surface area contributed by atoms with Crippen molar-refractivity contribution in [2.24, 2.45) is 0 Å². The molecule has 0 bridgehead atoms. The molecule has 2 aromatic carbocycles. The van der Waals surface area contributed by atoms with E-state index in [1.807, 2.05) is 30.3 Å². The number of carbonyl (C=O) groups is 4. The number of alkyl carbamates (subject to hydrolysis) is 1. The van der Waals surface area contributed by atoms with E-state index in [1.165, 1.54) is 0 Å². The highest BCUT2D eigenvalue weighted by atomic mass is 16.6. The monoisotopic (exact) mass is 634 g/mol. The number of carbonyl (C=O) groups excluding carboxylic acids is 4. The lowest BCUT2D eigenvalue weighted by Gasteiger charge is -2.29. The summed E-state index contributed by atoms with van der Waals surface area (Å²) in [6.07, 6.45) is 4.24. The molecule has 46 heavy (non-hydrogen) atoms. The number of esters is 1. The van der Waals surface area contributed by atoms with Crippen molar-refractivity contribution in [3.63, 3.8) is 0 Å². The number of hydrogen-bond acceptors (Lipinski definition) is 7. The Morgan fingerprint density at radius 3 is 2.20 bits per heavy atom. The summed E-state index contributed by atoms with van der Waals surface area (Å²) in [4.78, 5) is 52.4. The molecule has 3 N–H and O–H groups in total. The average Bonchev–Trinajstić information content (AvgIpc) is 3.43. The SMILES string of the molecule is CCOC(=O)C(c1ccc(OC)cc1)n1ccc(NC(=O)C(CCCc2ccccc2)NC(=O)C(C)(C)NC(=O)OC(C)(C)C)c1. The van der Waals surface area contributed by atoms with Crippen LogP contribution in [0, 0.1) is 0 Å². The van der Waals surface area contributed by atoms with E-state index in [2.05, 4.69) is 16.0 Å². The highest BCUT2D eigenvalue weighted by Gasteiger charge is 2.34. The predicted molar refractivity (Wildman–Crippen MR) is 176 cm³/mol. The van der Waals surface area contributed by atoms with Gasteiger partial charge in [0.15, 0.2) is 6.04 Å². The smallest absolute Gasteiger partial charge is 0.408 e. The van der Waals surface area contributed by atoms with E-state index in [9.17, 15) is 19.2 Å². The van der Waals surface area contributed by atoms with Crippen LogP contribution >= 0.6 is 0 Å². The number of nitrogens with one attached hydrogen (secondary N) is 3. The van der Waals surface area contributed by atoms with Crippen LogP contribution in [0.2, 0.25) is 0 Å². The first-order chi connectivity index (χ1) is 21.7. The molecule has 11 heteroatoms. The summed E-state index contributed by atoms with van der Waals surface area (Å²) in [6.45, 7) is 10.2. The maximum atomic E-state index is 13.6. The third-order valence-corrected chi connectivity index (χ3v) is 7.03. The standard InChI is InChI=1S/C35H46N4O7/c1-8-45-31(41)29(25-17-19-27(44-7)20-18-25)39-22-21-26(23-39)36-30(40)28(16-12-15-24-13-10-9-11-14-24)37-32(42)35(5,6)38-33(43)46-34(2,3)4/h9-11,13-14,17-23,28-29H,8,12,15-16H2,1-7H3,(H,36,40)(H,37,42)(H,38,43). The summed E-state index contributed by atoms with van der Waals surface area (Å²) in [5.41, 5.74) is 0.113. The zero-order chi connectivity index (χ0) is 33.9. The average molecular weight is 635 g/mol. The quantitative estimate of drug-likeness (QED) is 0.202. The molecule has 0 fully saturated rings. The van der Waals surface area contributed by atoms with Gasteiger partial charge in [0.05, 0.1) is 19.4 Å². The van der Waals surface area contributed by atoms with Gasteiger partial charge in [0, 0.05) is 12.4 Å².